The normalized spacial score (nSPS) is 19.8. The fourth-order valence-electron chi connectivity index (χ4n) is 2.43. The standard InChI is InChI=1S/C14H20Br2N2/c1-18(12-5-3-2-4-6-12)9-10-7-11(15)8-13(16)14(10)17/h7-8,12H,2-6,9,17H2,1H3/i9T2. The first-order valence-electron chi connectivity index (χ1n) is 7.32. The van der Waals surface area contributed by atoms with Gasteiger partial charge in [0.1, 0.15) is 0 Å². The van der Waals surface area contributed by atoms with E-state index in [1.165, 1.54) is 19.3 Å². The summed E-state index contributed by atoms with van der Waals surface area (Å²) in [7, 11) is 1.87. The molecule has 18 heavy (non-hydrogen) atoms. The minimum absolute atomic E-state index is 0.288. The zero-order valence-electron chi connectivity index (χ0n) is 12.5. The van der Waals surface area contributed by atoms with Crippen molar-refractivity contribution in [1.82, 2.24) is 4.90 Å². The third kappa shape index (κ3) is 3.49. The Bertz CT molecular complexity index is 488. The van der Waals surface area contributed by atoms with Gasteiger partial charge in [0, 0.05) is 24.2 Å². The van der Waals surface area contributed by atoms with Crippen molar-refractivity contribution in [3.63, 3.8) is 0 Å². The lowest BCUT2D eigenvalue weighted by molar-refractivity contribution is 0.185. The summed E-state index contributed by atoms with van der Waals surface area (Å²) in [5.74, 6) is 0. The van der Waals surface area contributed by atoms with Crippen molar-refractivity contribution in [1.29, 1.82) is 0 Å². The molecule has 1 aromatic carbocycles. The van der Waals surface area contributed by atoms with E-state index in [9.17, 15) is 0 Å². The predicted molar refractivity (Wildman–Crippen MR) is 84.6 cm³/mol. The van der Waals surface area contributed by atoms with Crippen LogP contribution in [-0.2, 0) is 6.50 Å². The van der Waals surface area contributed by atoms with Crippen LogP contribution in [0.3, 0.4) is 0 Å². The summed E-state index contributed by atoms with van der Waals surface area (Å²) in [4.78, 5) is 1.84. The topological polar surface area (TPSA) is 29.3 Å². The molecule has 4 heteroatoms. The van der Waals surface area contributed by atoms with Gasteiger partial charge >= 0.3 is 0 Å². The molecular formula is C14H20Br2N2. The third-order valence-corrected chi connectivity index (χ3v) is 4.63. The van der Waals surface area contributed by atoms with Crippen LogP contribution in [0.25, 0.3) is 0 Å². The number of hydrogen-bond acceptors (Lipinski definition) is 2. The molecule has 2 nitrogen and oxygen atoms in total. The van der Waals surface area contributed by atoms with Crippen molar-refractivity contribution >= 4 is 37.5 Å². The van der Waals surface area contributed by atoms with E-state index in [2.05, 4.69) is 31.9 Å². The average Bonchev–Trinajstić information content (AvgIpc) is 2.42. The summed E-state index contributed by atoms with van der Waals surface area (Å²) in [6.07, 6.45) is 5.75. The van der Waals surface area contributed by atoms with Gasteiger partial charge in [-0.3, -0.25) is 4.90 Å². The van der Waals surface area contributed by atoms with Gasteiger partial charge < -0.3 is 5.73 Å². The number of nitrogens with two attached hydrogens (primary N) is 1. The third-order valence-electron chi connectivity index (χ3n) is 3.51. The molecular weight excluding hydrogens is 356 g/mol. The van der Waals surface area contributed by atoms with E-state index in [4.69, 9.17) is 8.48 Å². The minimum Gasteiger partial charge on any atom is -0.398 e. The van der Waals surface area contributed by atoms with Crippen molar-refractivity contribution < 1.29 is 2.74 Å². The Kier molecular flexibility index (Phi) is 4.17. The van der Waals surface area contributed by atoms with Gasteiger partial charge in [-0.2, -0.15) is 0 Å². The van der Waals surface area contributed by atoms with Crippen LogP contribution in [0.1, 0.15) is 40.4 Å². The van der Waals surface area contributed by atoms with Crippen molar-refractivity contribution in [3.05, 3.63) is 26.6 Å². The van der Waals surface area contributed by atoms with Gasteiger partial charge in [-0.15, -0.1) is 0 Å². The lowest BCUT2D eigenvalue weighted by Crippen LogP contribution is -2.33. The maximum absolute atomic E-state index is 8.51. The summed E-state index contributed by atoms with van der Waals surface area (Å²) in [5, 5.41) is 0. The smallest absolute Gasteiger partial charge is 0.0504 e. The molecule has 0 amide bonds. The van der Waals surface area contributed by atoms with Gasteiger partial charge in [-0.25, -0.2) is 0 Å². The molecule has 2 N–H and O–H groups in total. The Labute approximate surface area is 129 Å². The average molecular weight is 380 g/mol. The van der Waals surface area contributed by atoms with Gasteiger partial charge in [0.25, 0.3) is 0 Å². The zero-order chi connectivity index (χ0) is 14.9. The van der Waals surface area contributed by atoms with E-state index in [0.29, 0.717) is 11.3 Å². The first-order chi connectivity index (χ1) is 9.34. The van der Waals surface area contributed by atoms with Gasteiger partial charge in [0.2, 0.25) is 0 Å². The molecule has 1 aliphatic rings. The molecule has 0 aromatic heterocycles. The van der Waals surface area contributed by atoms with Crippen LogP contribution in [0.2, 0.25) is 0 Å². The lowest BCUT2D eigenvalue weighted by Gasteiger charge is -2.31. The first kappa shape index (κ1) is 11.7. The molecule has 1 aromatic rings. The molecule has 0 radical (unpaired) electrons. The number of benzene rings is 1. The van der Waals surface area contributed by atoms with Crippen LogP contribution >= 0.6 is 31.9 Å². The summed E-state index contributed by atoms with van der Waals surface area (Å²) >= 11 is 6.81. The number of nitrogens with zero attached hydrogens (tertiary/aromatic N) is 1. The molecule has 1 fully saturated rings. The molecule has 0 heterocycles. The van der Waals surface area contributed by atoms with E-state index in [1.54, 1.807) is 6.07 Å². The summed E-state index contributed by atoms with van der Waals surface area (Å²) in [6.45, 7) is -1.57. The number of anilines is 1. The molecule has 0 aliphatic heterocycles. The minimum atomic E-state index is -1.57. The number of hydrogen-bond donors (Lipinski definition) is 1. The van der Waals surface area contributed by atoms with Crippen LogP contribution in [0.15, 0.2) is 21.1 Å². The lowest BCUT2D eigenvalue weighted by atomic mass is 9.94. The van der Waals surface area contributed by atoms with Crippen molar-refractivity contribution in [2.24, 2.45) is 0 Å². The Morgan fingerprint density at radius 2 is 2.00 bits per heavy atom. The highest BCUT2D eigenvalue weighted by molar-refractivity contribution is 9.11. The zero-order valence-corrected chi connectivity index (χ0v) is 13.7. The monoisotopic (exact) mass is 378 g/mol. The fraction of sp³-hybridized carbons (Fsp3) is 0.571. The fourth-order valence-corrected chi connectivity index (χ4v) is 3.65. The highest BCUT2D eigenvalue weighted by atomic mass is 79.9. The Hall–Kier alpha value is -0.0600. The SMILES string of the molecule is [3H]C([3H])(c1cc(Br)cc(Br)c1N)N(C)C1CCCCC1. The maximum atomic E-state index is 8.51. The molecule has 0 saturated heterocycles. The second-order valence-corrected chi connectivity index (χ2v) is 6.63. The second-order valence-electron chi connectivity index (χ2n) is 4.86. The van der Waals surface area contributed by atoms with Crippen LogP contribution in [-0.4, -0.2) is 18.0 Å². The van der Waals surface area contributed by atoms with Crippen LogP contribution in [0, 0.1) is 0 Å². The van der Waals surface area contributed by atoms with E-state index in [0.717, 1.165) is 21.8 Å². The predicted octanol–water partition coefficient (Wildman–Crippen LogP) is 4.56. The molecule has 0 bridgehead atoms. The molecule has 0 spiro atoms. The first-order valence-corrected chi connectivity index (χ1v) is 7.90. The molecule has 100 valence electrons. The van der Waals surface area contributed by atoms with Gasteiger partial charge in [0.05, 0.1) is 5.69 Å². The largest absolute Gasteiger partial charge is 0.398 e. The van der Waals surface area contributed by atoms with Crippen LogP contribution < -0.4 is 5.73 Å². The van der Waals surface area contributed by atoms with Crippen LogP contribution in [0.5, 0.6) is 0 Å². The maximum Gasteiger partial charge on any atom is 0.0504 e. The molecule has 2 rings (SSSR count). The Morgan fingerprint density at radius 1 is 1.33 bits per heavy atom. The van der Waals surface area contributed by atoms with E-state index >= 15 is 0 Å². The Morgan fingerprint density at radius 3 is 2.67 bits per heavy atom. The van der Waals surface area contributed by atoms with Gasteiger partial charge in [-0.1, -0.05) is 35.2 Å². The number of rotatable bonds is 3. The second kappa shape index (κ2) is 6.40. The highest BCUT2D eigenvalue weighted by Crippen LogP contribution is 2.30. The summed E-state index contributed by atoms with van der Waals surface area (Å²) in [5.41, 5.74) is 7.06. The number of halogens is 2. The van der Waals surface area contributed by atoms with Crippen LogP contribution in [0.4, 0.5) is 5.69 Å². The number of nitrogen functional groups attached to an aromatic ring is 1. The van der Waals surface area contributed by atoms with Gasteiger partial charge in [0.15, 0.2) is 0 Å². The summed E-state index contributed by atoms with van der Waals surface area (Å²) in [6, 6.07) is 3.91. The molecule has 1 saturated carbocycles. The highest BCUT2D eigenvalue weighted by Gasteiger charge is 2.19. The Balaban J connectivity index is 2.33. The van der Waals surface area contributed by atoms with E-state index in [-0.39, 0.29) is 6.04 Å². The van der Waals surface area contributed by atoms with Crippen molar-refractivity contribution in [2.75, 3.05) is 12.8 Å². The van der Waals surface area contributed by atoms with E-state index < -0.39 is 6.50 Å². The molecule has 0 atom stereocenters. The van der Waals surface area contributed by atoms with Crippen molar-refractivity contribution in [2.45, 2.75) is 44.6 Å². The van der Waals surface area contributed by atoms with E-state index in [1.807, 2.05) is 18.0 Å². The molecule has 1 aliphatic carbocycles. The quantitative estimate of drug-likeness (QED) is 0.780. The van der Waals surface area contributed by atoms with Gasteiger partial charge in [-0.05, 0) is 53.5 Å². The summed E-state index contributed by atoms with van der Waals surface area (Å²) < 4.78 is 18.6. The molecule has 0 unspecified atom stereocenters. The van der Waals surface area contributed by atoms with Crippen molar-refractivity contribution in [3.8, 4) is 0 Å².